The molecule has 6 nitrogen and oxygen atoms in total. The third-order valence-corrected chi connectivity index (χ3v) is 3.73. The SMILES string of the molecule is C=C(C)c1nc2c([nH]1)c(=NCC)ncn2C(OC)c1ccccc1. The lowest BCUT2D eigenvalue weighted by molar-refractivity contribution is 0.0804. The molecule has 3 aromatic rings. The number of methoxy groups -OCH3 is 1. The maximum Gasteiger partial charge on any atom is 0.176 e. The van der Waals surface area contributed by atoms with Crippen molar-refractivity contribution in [2.24, 2.45) is 4.99 Å². The summed E-state index contributed by atoms with van der Waals surface area (Å²) < 4.78 is 7.62. The second kappa shape index (κ2) is 6.80. The van der Waals surface area contributed by atoms with Crippen LogP contribution in [0.15, 0.2) is 48.2 Å². The van der Waals surface area contributed by atoms with Crippen LogP contribution in [0.1, 0.15) is 31.5 Å². The molecule has 0 saturated heterocycles. The van der Waals surface area contributed by atoms with Crippen LogP contribution in [0.25, 0.3) is 16.7 Å². The van der Waals surface area contributed by atoms with Gasteiger partial charge in [0.2, 0.25) is 0 Å². The molecule has 2 heterocycles. The Balaban J connectivity index is 2.26. The van der Waals surface area contributed by atoms with Gasteiger partial charge >= 0.3 is 0 Å². The van der Waals surface area contributed by atoms with Crippen molar-refractivity contribution in [3.63, 3.8) is 0 Å². The summed E-state index contributed by atoms with van der Waals surface area (Å²) in [5.74, 6) is 0.724. The van der Waals surface area contributed by atoms with Gasteiger partial charge in [-0.3, -0.25) is 9.56 Å². The van der Waals surface area contributed by atoms with E-state index in [0.29, 0.717) is 12.0 Å². The minimum Gasteiger partial charge on any atom is -0.357 e. The zero-order valence-corrected chi connectivity index (χ0v) is 14.2. The van der Waals surface area contributed by atoms with Crippen LogP contribution < -0.4 is 5.49 Å². The van der Waals surface area contributed by atoms with Gasteiger partial charge in [0.05, 0.1) is 0 Å². The molecule has 0 aliphatic rings. The van der Waals surface area contributed by atoms with Crippen LogP contribution in [0.3, 0.4) is 0 Å². The maximum atomic E-state index is 5.72. The van der Waals surface area contributed by atoms with E-state index in [4.69, 9.17) is 4.74 Å². The van der Waals surface area contributed by atoms with E-state index in [1.165, 1.54) is 0 Å². The molecule has 0 amide bonds. The zero-order valence-electron chi connectivity index (χ0n) is 14.2. The van der Waals surface area contributed by atoms with Crippen LogP contribution in [0.2, 0.25) is 0 Å². The second-order valence-electron chi connectivity index (χ2n) is 5.51. The van der Waals surface area contributed by atoms with Gasteiger partial charge in [0.1, 0.15) is 17.7 Å². The van der Waals surface area contributed by atoms with E-state index >= 15 is 0 Å². The average molecular weight is 323 g/mol. The van der Waals surface area contributed by atoms with Crippen LogP contribution in [0.5, 0.6) is 0 Å². The van der Waals surface area contributed by atoms with Crippen molar-refractivity contribution in [1.82, 2.24) is 19.5 Å². The Labute approximate surface area is 140 Å². The van der Waals surface area contributed by atoms with Crippen molar-refractivity contribution in [2.75, 3.05) is 13.7 Å². The molecule has 3 rings (SSSR count). The molecular formula is C18H21N5O. The Hall–Kier alpha value is -2.73. The predicted molar refractivity (Wildman–Crippen MR) is 94.3 cm³/mol. The van der Waals surface area contributed by atoms with Gasteiger partial charge in [-0.05, 0) is 19.4 Å². The Bertz CT molecular complexity index is 923. The third kappa shape index (κ3) is 2.88. The number of fused-ring (bicyclic) bond motifs is 1. The highest BCUT2D eigenvalue weighted by atomic mass is 16.5. The van der Waals surface area contributed by atoms with Gasteiger partial charge in [-0.2, -0.15) is 0 Å². The van der Waals surface area contributed by atoms with Gasteiger partial charge < -0.3 is 9.72 Å². The van der Waals surface area contributed by atoms with E-state index in [2.05, 4.69) is 26.5 Å². The highest BCUT2D eigenvalue weighted by molar-refractivity contribution is 5.74. The first-order valence-electron chi connectivity index (χ1n) is 7.86. The number of allylic oxidation sites excluding steroid dienone is 1. The summed E-state index contributed by atoms with van der Waals surface area (Å²) in [7, 11) is 1.67. The first-order chi connectivity index (χ1) is 11.7. The molecule has 0 fully saturated rings. The summed E-state index contributed by atoms with van der Waals surface area (Å²) in [5, 5.41) is 0. The average Bonchev–Trinajstić information content (AvgIpc) is 3.04. The zero-order chi connectivity index (χ0) is 17.1. The molecule has 1 aromatic carbocycles. The second-order valence-corrected chi connectivity index (χ2v) is 5.51. The van der Waals surface area contributed by atoms with Gasteiger partial charge in [-0.25, -0.2) is 9.97 Å². The summed E-state index contributed by atoms with van der Waals surface area (Å²) in [4.78, 5) is 16.9. The number of nitrogens with zero attached hydrogens (tertiary/aromatic N) is 4. The lowest BCUT2D eigenvalue weighted by Crippen LogP contribution is -2.20. The van der Waals surface area contributed by atoms with Crippen molar-refractivity contribution in [3.8, 4) is 0 Å². The molecule has 1 atom stereocenters. The number of hydrogen-bond donors (Lipinski definition) is 1. The van der Waals surface area contributed by atoms with E-state index in [-0.39, 0.29) is 6.23 Å². The summed E-state index contributed by atoms with van der Waals surface area (Å²) in [5.41, 5.74) is 4.05. The van der Waals surface area contributed by atoms with Gasteiger partial charge in [0.15, 0.2) is 17.4 Å². The van der Waals surface area contributed by atoms with E-state index in [1.807, 2.05) is 48.7 Å². The number of aromatic amines is 1. The van der Waals surface area contributed by atoms with Crippen molar-refractivity contribution < 1.29 is 4.74 Å². The maximum absolute atomic E-state index is 5.72. The number of hydrogen-bond acceptors (Lipinski definition) is 4. The number of ether oxygens (including phenoxy) is 1. The molecule has 124 valence electrons. The molecule has 0 spiro atoms. The predicted octanol–water partition coefficient (Wildman–Crippen LogP) is 2.91. The smallest absolute Gasteiger partial charge is 0.176 e. The summed E-state index contributed by atoms with van der Waals surface area (Å²) in [6.07, 6.45) is 1.40. The molecule has 0 aliphatic carbocycles. The quantitative estimate of drug-likeness (QED) is 0.785. The molecule has 24 heavy (non-hydrogen) atoms. The molecule has 6 heteroatoms. The molecular weight excluding hydrogens is 302 g/mol. The topological polar surface area (TPSA) is 68.1 Å². The number of imidazole rings is 1. The van der Waals surface area contributed by atoms with Gasteiger partial charge in [-0.15, -0.1) is 0 Å². The van der Waals surface area contributed by atoms with Gasteiger partial charge in [0, 0.05) is 19.2 Å². The van der Waals surface area contributed by atoms with Crippen LogP contribution in [-0.4, -0.2) is 33.2 Å². The highest BCUT2D eigenvalue weighted by Crippen LogP contribution is 2.22. The van der Waals surface area contributed by atoms with Gasteiger partial charge in [0.25, 0.3) is 0 Å². The van der Waals surface area contributed by atoms with Crippen LogP contribution in [0, 0.1) is 0 Å². The number of nitrogens with one attached hydrogen (secondary N) is 1. The van der Waals surface area contributed by atoms with Crippen LogP contribution in [0.4, 0.5) is 0 Å². The normalized spacial score (nSPS) is 13.4. The first kappa shape index (κ1) is 16.1. The fraction of sp³-hybridized carbons (Fsp3) is 0.278. The van der Waals surface area contributed by atoms with E-state index < -0.39 is 0 Å². The summed E-state index contributed by atoms with van der Waals surface area (Å²) in [6, 6.07) is 9.98. The van der Waals surface area contributed by atoms with Crippen molar-refractivity contribution in [2.45, 2.75) is 20.1 Å². The largest absolute Gasteiger partial charge is 0.357 e. The molecule has 0 saturated carbocycles. The summed E-state index contributed by atoms with van der Waals surface area (Å²) >= 11 is 0. The summed E-state index contributed by atoms with van der Waals surface area (Å²) in [6.45, 7) is 8.51. The van der Waals surface area contributed by atoms with E-state index in [0.717, 1.165) is 28.1 Å². The van der Waals surface area contributed by atoms with Crippen LogP contribution >= 0.6 is 0 Å². The third-order valence-electron chi connectivity index (χ3n) is 3.73. The van der Waals surface area contributed by atoms with Gasteiger partial charge in [-0.1, -0.05) is 36.9 Å². The molecule has 0 bridgehead atoms. The minimum atomic E-state index is -0.321. The number of aromatic nitrogens is 4. The number of rotatable bonds is 5. The fourth-order valence-electron chi connectivity index (χ4n) is 2.61. The van der Waals surface area contributed by atoms with Crippen molar-refractivity contribution >= 4 is 16.7 Å². The molecule has 0 radical (unpaired) electrons. The Kier molecular flexibility index (Phi) is 4.57. The Morgan fingerprint density at radius 1 is 1.38 bits per heavy atom. The lowest BCUT2D eigenvalue weighted by Gasteiger charge is -2.19. The molecule has 0 aliphatic heterocycles. The van der Waals surface area contributed by atoms with Crippen molar-refractivity contribution in [1.29, 1.82) is 0 Å². The fourth-order valence-corrected chi connectivity index (χ4v) is 2.61. The number of H-pyrrole nitrogens is 1. The first-order valence-corrected chi connectivity index (χ1v) is 7.86. The molecule has 2 aromatic heterocycles. The highest BCUT2D eigenvalue weighted by Gasteiger charge is 2.18. The monoisotopic (exact) mass is 323 g/mol. The molecule has 1 unspecified atom stereocenters. The van der Waals surface area contributed by atoms with Crippen LogP contribution in [-0.2, 0) is 4.74 Å². The van der Waals surface area contributed by atoms with Crippen molar-refractivity contribution in [3.05, 3.63) is 60.1 Å². The number of benzene rings is 1. The Morgan fingerprint density at radius 2 is 2.12 bits per heavy atom. The standard InChI is InChI=1S/C18H21N5O/c1-5-19-16-14-17(22-15(21-14)12(2)3)23(11-20-16)18(24-4)13-9-7-6-8-10-13/h6-11,18H,2,5H2,1,3-4H3,(H,21,22). The minimum absolute atomic E-state index is 0.321. The molecule has 1 N–H and O–H groups in total. The lowest BCUT2D eigenvalue weighted by atomic mass is 10.2. The Morgan fingerprint density at radius 3 is 2.75 bits per heavy atom. The van der Waals surface area contributed by atoms with E-state index in [9.17, 15) is 0 Å². The van der Waals surface area contributed by atoms with E-state index in [1.54, 1.807) is 13.4 Å².